The van der Waals surface area contributed by atoms with Crippen LogP contribution in [0.5, 0.6) is 0 Å². The summed E-state index contributed by atoms with van der Waals surface area (Å²) in [5.74, 6) is -1.09. The molecule has 6 nitrogen and oxygen atoms in total. The van der Waals surface area contributed by atoms with Gasteiger partial charge in [-0.25, -0.2) is 9.59 Å². The van der Waals surface area contributed by atoms with Crippen molar-refractivity contribution >= 4 is 29.7 Å². The van der Waals surface area contributed by atoms with E-state index in [0.717, 1.165) is 5.56 Å². The van der Waals surface area contributed by atoms with Crippen LogP contribution in [0.1, 0.15) is 22.3 Å². The van der Waals surface area contributed by atoms with E-state index < -0.39 is 23.9 Å². The number of benzene rings is 1. The summed E-state index contributed by atoms with van der Waals surface area (Å²) in [7, 11) is 0. The number of amides is 3. The van der Waals surface area contributed by atoms with Gasteiger partial charge in [0.15, 0.2) is 0 Å². The molecular formula is C14H18N2O4S. The van der Waals surface area contributed by atoms with Gasteiger partial charge in [0, 0.05) is 5.56 Å². The number of aryl methyl sites for hydroxylation is 1. The molecule has 0 bridgehead atoms. The monoisotopic (exact) mass is 310 g/mol. The Morgan fingerprint density at radius 3 is 2.62 bits per heavy atom. The summed E-state index contributed by atoms with van der Waals surface area (Å²) in [6.45, 7) is 1.83. The third-order valence-corrected chi connectivity index (χ3v) is 3.37. The molecule has 0 spiro atoms. The Labute approximate surface area is 127 Å². The molecule has 1 rings (SSSR count). The number of aliphatic carboxylic acids is 1. The first-order valence-corrected chi connectivity index (χ1v) is 7.73. The molecular weight excluding hydrogens is 292 g/mol. The third-order valence-electron chi connectivity index (χ3n) is 2.72. The number of carbonyl (C=O) groups is 3. The maximum Gasteiger partial charge on any atom is 0.326 e. The van der Waals surface area contributed by atoms with Gasteiger partial charge in [-0.15, -0.1) is 0 Å². The molecule has 114 valence electrons. The van der Waals surface area contributed by atoms with Crippen molar-refractivity contribution in [3.8, 4) is 0 Å². The minimum Gasteiger partial charge on any atom is -0.480 e. The van der Waals surface area contributed by atoms with E-state index in [-0.39, 0.29) is 0 Å². The second-order valence-corrected chi connectivity index (χ2v) is 5.45. The number of carboxylic acids is 1. The van der Waals surface area contributed by atoms with E-state index in [1.807, 2.05) is 19.2 Å². The second kappa shape index (κ2) is 8.31. The number of rotatable bonds is 6. The first-order chi connectivity index (χ1) is 9.93. The lowest BCUT2D eigenvalue weighted by Gasteiger charge is -2.14. The van der Waals surface area contributed by atoms with Gasteiger partial charge < -0.3 is 10.4 Å². The Hall–Kier alpha value is -2.02. The van der Waals surface area contributed by atoms with Crippen molar-refractivity contribution < 1.29 is 19.5 Å². The number of nitrogens with one attached hydrogen (secondary N) is 2. The molecule has 0 aromatic heterocycles. The first kappa shape index (κ1) is 17.0. The highest BCUT2D eigenvalue weighted by atomic mass is 32.2. The van der Waals surface area contributed by atoms with Crippen molar-refractivity contribution in [2.75, 3.05) is 12.0 Å². The minimum atomic E-state index is -1.12. The number of carboxylic acid groups (broad SMARTS) is 1. The Kier molecular flexibility index (Phi) is 6.74. The SMILES string of the molecule is CSCCC(NC(=O)NC(=O)c1cccc(C)c1)C(=O)O. The summed E-state index contributed by atoms with van der Waals surface area (Å²) in [5.41, 5.74) is 1.24. The molecule has 0 aliphatic rings. The molecule has 0 aliphatic heterocycles. The molecule has 3 amide bonds. The largest absolute Gasteiger partial charge is 0.480 e. The molecule has 0 fully saturated rings. The minimum absolute atomic E-state index is 0.294. The van der Waals surface area contributed by atoms with E-state index in [4.69, 9.17) is 5.11 Å². The zero-order valence-corrected chi connectivity index (χ0v) is 12.7. The molecule has 0 aliphatic carbocycles. The van der Waals surface area contributed by atoms with E-state index >= 15 is 0 Å². The number of imide groups is 1. The fourth-order valence-electron chi connectivity index (χ4n) is 1.65. The number of urea groups is 1. The van der Waals surface area contributed by atoms with Crippen LogP contribution in [0.3, 0.4) is 0 Å². The summed E-state index contributed by atoms with van der Waals surface area (Å²) in [6.07, 6.45) is 2.14. The number of thioether (sulfide) groups is 1. The van der Waals surface area contributed by atoms with E-state index in [1.165, 1.54) is 11.8 Å². The third kappa shape index (κ3) is 5.86. The van der Waals surface area contributed by atoms with Crippen molar-refractivity contribution in [2.45, 2.75) is 19.4 Å². The predicted octanol–water partition coefficient (Wildman–Crippen LogP) is 1.64. The van der Waals surface area contributed by atoms with Crippen LogP contribution in [-0.2, 0) is 4.79 Å². The van der Waals surface area contributed by atoms with Crippen molar-refractivity contribution in [3.63, 3.8) is 0 Å². The van der Waals surface area contributed by atoms with Gasteiger partial charge in [0.25, 0.3) is 5.91 Å². The van der Waals surface area contributed by atoms with Crippen LogP contribution >= 0.6 is 11.8 Å². The summed E-state index contributed by atoms with van der Waals surface area (Å²) >= 11 is 1.48. The van der Waals surface area contributed by atoms with Gasteiger partial charge in [-0.05, 0) is 37.5 Å². The highest BCUT2D eigenvalue weighted by Crippen LogP contribution is 2.04. The zero-order valence-electron chi connectivity index (χ0n) is 11.9. The molecule has 7 heteroatoms. The maximum absolute atomic E-state index is 11.8. The number of carbonyl (C=O) groups excluding carboxylic acids is 2. The average Bonchev–Trinajstić information content (AvgIpc) is 2.43. The molecule has 21 heavy (non-hydrogen) atoms. The van der Waals surface area contributed by atoms with Gasteiger partial charge in [-0.1, -0.05) is 17.7 Å². The molecule has 1 aromatic rings. The van der Waals surface area contributed by atoms with Crippen LogP contribution in [0, 0.1) is 6.92 Å². The summed E-state index contributed by atoms with van der Waals surface area (Å²) in [4.78, 5) is 34.5. The van der Waals surface area contributed by atoms with Crippen molar-refractivity contribution in [1.29, 1.82) is 0 Å². The van der Waals surface area contributed by atoms with Crippen molar-refractivity contribution in [3.05, 3.63) is 35.4 Å². The highest BCUT2D eigenvalue weighted by molar-refractivity contribution is 7.98. The lowest BCUT2D eigenvalue weighted by Crippen LogP contribution is -2.48. The standard InChI is InChI=1S/C14H18N2O4S/c1-9-4-3-5-10(8-9)12(17)16-14(20)15-11(13(18)19)6-7-21-2/h3-5,8,11H,6-7H2,1-2H3,(H,18,19)(H2,15,16,17,20). The number of hydrogen-bond acceptors (Lipinski definition) is 4. The van der Waals surface area contributed by atoms with E-state index in [0.29, 0.717) is 17.7 Å². The van der Waals surface area contributed by atoms with Gasteiger partial charge in [-0.2, -0.15) is 11.8 Å². The van der Waals surface area contributed by atoms with Gasteiger partial charge >= 0.3 is 12.0 Å². The lowest BCUT2D eigenvalue weighted by atomic mass is 10.1. The van der Waals surface area contributed by atoms with Crippen LogP contribution in [0.2, 0.25) is 0 Å². The van der Waals surface area contributed by atoms with Gasteiger partial charge in [0.2, 0.25) is 0 Å². The van der Waals surface area contributed by atoms with Gasteiger partial charge in [0.1, 0.15) is 6.04 Å². The van der Waals surface area contributed by atoms with Crippen LogP contribution in [0.15, 0.2) is 24.3 Å². The maximum atomic E-state index is 11.8. The highest BCUT2D eigenvalue weighted by Gasteiger charge is 2.20. The molecule has 0 saturated heterocycles. The van der Waals surface area contributed by atoms with Gasteiger partial charge in [0.05, 0.1) is 0 Å². The molecule has 1 aromatic carbocycles. The summed E-state index contributed by atoms with van der Waals surface area (Å²) in [6, 6.07) is 4.95. The van der Waals surface area contributed by atoms with Crippen molar-refractivity contribution in [1.82, 2.24) is 10.6 Å². The van der Waals surface area contributed by atoms with Crippen LogP contribution in [-0.4, -0.2) is 41.1 Å². The first-order valence-electron chi connectivity index (χ1n) is 6.34. The van der Waals surface area contributed by atoms with Crippen LogP contribution in [0.4, 0.5) is 4.79 Å². The van der Waals surface area contributed by atoms with Crippen LogP contribution < -0.4 is 10.6 Å². The Morgan fingerprint density at radius 2 is 2.05 bits per heavy atom. The van der Waals surface area contributed by atoms with E-state index in [1.54, 1.807) is 18.2 Å². The van der Waals surface area contributed by atoms with Crippen molar-refractivity contribution in [2.24, 2.45) is 0 Å². The quantitative estimate of drug-likeness (QED) is 0.742. The summed E-state index contributed by atoms with van der Waals surface area (Å²) < 4.78 is 0. The number of hydrogen-bond donors (Lipinski definition) is 3. The lowest BCUT2D eigenvalue weighted by molar-refractivity contribution is -0.139. The van der Waals surface area contributed by atoms with E-state index in [2.05, 4.69) is 10.6 Å². The zero-order chi connectivity index (χ0) is 15.8. The molecule has 0 saturated carbocycles. The normalized spacial score (nSPS) is 11.5. The van der Waals surface area contributed by atoms with Crippen LogP contribution in [0.25, 0.3) is 0 Å². The molecule has 3 N–H and O–H groups in total. The van der Waals surface area contributed by atoms with E-state index in [9.17, 15) is 14.4 Å². The predicted molar refractivity (Wildman–Crippen MR) is 81.6 cm³/mol. The smallest absolute Gasteiger partial charge is 0.326 e. The molecule has 1 atom stereocenters. The Bertz CT molecular complexity index is 533. The fourth-order valence-corrected chi connectivity index (χ4v) is 2.12. The second-order valence-electron chi connectivity index (χ2n) is 4.47. The summed E-state index contributed by atoms with van der Waals surface area (Å²) in [5, 5.41) is 13.4. The molecule has 1 unspecified atom stereocenters. The topological polar surface area (TPSA) is 95.5 Å². The fraction of sp³-hybridized carbons (Fsp3) is 0.357. The Morgan fingerprint density at radius 1 is 1.33 bits per heavy atom. The Balaban J connectivity index is 2.59. The molecule has 0 heterocycles. The molecule has 0 radical (unpaired) electrons. The average molecular weight is 310 g/mol. The van der Waals surface area contributed by atoms with Gasteiger partial charge in [-0.3, -0.25) is 10.1 Å².